The van der Waals surface area contributed by atoms with Crippen LogP contribution in [-0.4, -0.2) is 24.9 Å². The van der Waals surface area contributed by atoms with Gasteiger partial charge in [0.1, 0.15) is 4.91 Å². The highest BCUT2D eigenvalue weighted by molar-refractivity contribution is 7.96. The summed E-state index contributed by atoms with van der Waals surface area (Å²) in [6.45, 7) is 2.86. The van der Waals surface area contributed by atoms with Crippen molar-refractivity contribution in [3.8, 4) is 0 Å². The summed E-state index contributed by atoms with van der Waals surface area (Å²) in [5.74, 6) is -0.710. The lowest BCUT2D eigenvalue weighted by molar-refractivity contribution is -0.384. The Labute approximate surface area is 117 Å². The largest absolute Gasteiger partial charge is 0.294 e. The van der Waals surface area contributed by atoms with E-state index in [1.807, 2.05) is 0 Å². The average Bonchev–Trinajstić information content (AvgIpc) is 2.35. The summed E-state index contributed by atoms with van der Waals surface area (Å²) in [5.41, 5.74) is 0.151. The SMILES string of the molecule is CCCS(=O)(=O)/C(=C\c1cccc([N+](=O)[O-])c1)C(C)=O. The first-order valence-electron chi connectivity index (χ1n) is 5.97. The quantitative estimate of drug-likeness (QED) is 0.456. The predicted octanol–water partition coefficient (Wildman–Crippen LogP) is 2.35. The standard InChI is InChI=1S/C13H15NO5S/c1-3-7-20(18,19)13(10(2)15)9-11-5-4-6-12(8-11)14(16)17/h4-6,8-9H,3,7H2,1-2H3/b13-9-. The van der Waals surface area contributed by atoms with E-state index >= 15 is 0 Å². The van der Waals surface area contributed by atoms with Crippen molar-refractivity contribution in [3.05, 3.63) is 44.8 Å². The number of Topliss-reactive ketones (excluding diaryl/α,β-unsaturated/α-hetero) is 1. The van der Waals surface area contributed by atoms with Gasteiger partial charge in [-0.15, -0.1) is 0 Å². The van der Waals surface area contributed by atoms with E-state index in [4.69, 9.17) is 0 Å². The molecule has 1 aromatic rings. The molecule has 0 aliphatic heterocycles. The smallest absolute Gasteiger partial charge is 0.270 e. The number of allylic oxidation sites excluding steroid dienone is 1. The van der Waals surface area contributed by atoms with Crippen LogP contribution in [0.25, 0.3) is 6.08 Å². The monoisotopic (exact) mass is 297 g/mol. The number of nitrogens with zero attached hydrogens (tertiary/aromatic N) is 1. The number of ketones is 1. The summed E-state index contributed by atoms with van der Waals surface area (Å²) in [5, 5.41) is 10.7. The summed E-state index contributed by atoms with van der Waals surface area (Å²) in [6.07, 6.45) is 1.57. The van der Waals surface area contributed by atoms with Crippen molar-refractivity contribution in [3.63, 3.8) is 0 Å². The van der Waals surface area contributed by atoms with Crippen LogP contribution in [0.5, 0.6) is 0 Å². The molecule has 0 spiro atoms. The lowest BCUT2D eigenvalue weighted by Crippen LogP contribution is -2.14. The van der Waals surface area contributed by atoms with Crippen LogP contribution in [0.15, 0.2) is 29.2 Å². The van der Waals surface area contributed by atoms with Crippen molar-refractivity contribution in [1.82, 2.24) is 0 Å². The van der Waals surface area contributed by atoms with Gasteiger partial charge in [-0.2, -0.15) is 0 Å². The fraction of sp³-hybridized carbons (Fsp3) is 0.308. The maximum atomic E-state index is 12.0. The van der Waals surface area contributed by atoms with E-state index < -0.39 is 20.5 Å². The number of nitro groups is 1. The number of non-ortho nitro benzene ring substituents is 1. The van der Waals surface area contributed by atoms with Gasteiger partial charge in [0.2, 0.25) is 0 Å². The summed E-state index contributed by atoms with van der Waals surface area (Å²) in [6, 6.07) is 5.47. The van der Waals surface area contributed by atoms with E-state index in [1.54, 1.807) is 6.92 Å². The first-order valence-corrected chi connectivity index (χ1v) is 7.63. The summed E-state index contributed by atoms with van der Waals surface area (Å²) < 4.78 is 23.9. The number of benzene rings is 1. The number of hydrogen-bond donors (Lipinski definition) is 0. The number of sulfone groups is 1. The summed E-state index contributed by atoms with van der Waals surface area (Å²) >= 11 is 0. The van der Waals surface area contributed by atoms with Crippen LogP contribution in [0, 0.1) is 10.1 Å². The highest BCUT2D eigenvalue weighted by Gasteiger charge is 2.21. The lowest BCUT2D eigenvalue weighted by Gasteiger charge is -2.05. The fourth-order valence-electron chi connectivity index (χ4n) is 1.67. The number of rotatable bonds is 6. The van der Waals surface area contributed by atoms with Gasteiger partial charge < -0.3 is 0 Å². The van der Waals surface area contributed by atoms with Crippen LogP contribution in [0.3, 0.4) is 0 Å². The topological polar surface area (TPSA) is 94.3 Å². The molecule has 0 radical (unpaired) electrons. The van der Waals surface area contributed by atoms with Gasteiger partial charge in [-0.1, -0.05) is 19.1 Å². The third kappa shape index (κ3) is 3.99. The Hall–Kier alpha value is -2.02. The minimum absolute atomic E-state index is 0.132. The maximum Gasteiger partial charge on any atom is 0.270 e. The van der Waals surface area contributed by atoms with Gasteiger partial charge in [0.25, 0.3) is 5.69 Å². The molecule has 0 heterocycles. The van der Waals surface area contributed by atoms with Crippen LogP contribution >= 0.6 is 0 Å². The van der Waals surface area contributed by atoms with Crippen LogP contribution in [0.1, 0.15) is 25.8 Å². The number of carbonyl (C=O) groups is 1. The van der Waals surface area contributed by atoms with Crippen LogP contribution in [0.2, 0.25) is 0 Å². The van der Waals surface area contributed by atoms with Crippen LogP contribution in [0.4, 0.5) is 5.69 Å². The highest BCUT2D eigenvalue weighted by Crippen LogP contribution is 2.19. The van der Waals surface area contributed by atoms with Crippen molar-refractivity contribution in [1.29, 1.82) is 0 Å². The van der Waals surface area contributed by atoms with Gasteiger partial charge >= 0.3 is 0 Å². The van der Waals surface area contributed by atoms with Crippen molar-refractivity contribution in [2.75, 3.05) is 5.75 Å². The van der Waals surface area contributed by atoms with Crippen molar-refractivity contribution in [2.24, 2.45) is 0 Å². The molecule has 0 fully saturated rings. The van der Waals surface area contributed by atoms with E-state index in [9.17, 15) is 23.3 Å². The van der Waals surface area contributed by atoms with Crippen molar-refractivity contribution < 1.29 is 18.1 Å². The van der Waals surface area contributed by atoms with Crippen LogP contribution < -0.4 is 0 Å². The van der Waals surface area contributed by atoms with Gasteiger partial charge in [-0.3, -0.25) is 14.9 Å². The molecule has 0 N–H and O–H groups in total. The molecular weight excluding hydrogens is 282 g/mol. The Morgan fingerprint density at radius 2 is 2.05 bits per heavy atom. The average molecular weight is 297 g/mol. The Morgan fingerprint density at radius 1 is 1.40 bits per heavy atom. The summed E-state index contributed by atoms with van der Waals surface area (Å²) in [7, 11) is -3.66. The molecular formula is C13H15NO5S. The molecule has 1 aromatic carbocycles. The first kappa shape index (κ1) is 16.0. The van der Waals surface area contributed by atoms with Gasteiger partial charge in [-0.25, -0.2) is 8.42 Å². The molecule has 0 unspecified atom stereocenters. The van der Waals surface area contributed by atoms with Gasteiger partial charge in [0, 0.05) is 12.1 Å². The zero-order chi connectivity index (χ0) is 15.3. The zero-order valence-electron chi connectivity index (χ0n) is 11.2. The highest BCUT2D eigenvalue weighted by atomic mass is 32.2. The van der Waals surface area contributed by atoms with E-state index in [-0.39, 0.29) is 16.3 Å². The second kappa shape index (κ2) is 6.42. The number of hydrogen-bond acceptors (Lipinski definition) is 5. The molecule has 7 heteroatoms. The molecule has 1 rings (SSSR count). The minimum atomic E-state index is -3.66. The number of carbonyl (C=O) groups excluding carboxylic acids is 1. The van der Waals surface area contributed by atoms with Crippen LogP contribution in [-0.2, 0) is 14.6 Å². The Morgan fingerprint density at radius 3 is 2.55 bits per heavy atom. The molecule has 0 amide bonds. The molecule has 0 saturated heterocycles. The predicted molar refractivity (Wildman–Crippen MR) is 75.8 cm³/mol. The van der Waals surface area contributed by atoms with E-state index in [0.29, 0.717) is 12.0 Å². The Balaban J connectivity index is 3.32. The minimum Gasteiger partial charge on any atom is -0.294 e. The van der Waals surface area contributed by atoms with Crippen molar-refractivity contribution >= 4 is 27.4 Å². The molecule has 6 nitrogen and oxygen atoms in total. The first-order chi connectivity index (χ1) is 9.27. The molecule has 0 aromatic heterocycles. The van der Waals surface area contributed by atoms with E-state index in [1.165, 1.54) is 30.3 Å². The number of nitro benzene ring substituents is 1. The van der Waals surface area contributed by atoms with Gasteiger partial charge in [-0.05, 0) is 25.0 Å². The molecule has 0 atom stereocenters. The molecule has 0 bridgehead atoms. The third-order valence-corrected chi connectivity index (χ3v) is 4.55. The van der Waals surface area contributed by atoms with E-state index in [0.717, 1.165) is 6.92 Å². The molecule has 108 valence electrons. The fourth-order valence-corrected chi connectivity index (χ4v) is 3.18. The lowest BCUT2D eigenvalue weighted by atomic mass is 10.2. The maximum absolute atomic E-state index is 12.0. The van der Waals surface area contributed by atoms with Gasteiger partial charge in [0.15, 0.2) is 15.6 Å². The Kier molecular flexibility index (Phi) is 5.15. The molecule has 0 saturated carbocycles. The normalized spacial score (nSPS) is 12.2. The van der Waals surface area contributed by atoms with Crippen molar-refractivity contribution in [2.45, 2.75) is 20.3 Å². The summed E-state index contributed by atoms with van der Waals surface area (Å²) in [4.78, 5) is 21.3. The Bertz CT molecular complexity index is 661. The second-order valence-electron chi connectivity index (χ2n) is 4.24. The zero-order valence-corrected chi connectivity index (χ0v) is 12.0. The second-order valence-corrected chi connectivity index (χ2v) is 6.31. The molecule has 0 aliphatic carbocycles. The van der Waals surface area contributed by atoms with E-state index in [2.05, 4.69) is 0 Å². The third-order valence-electron chi connectivity index (χ3n) is 2.53. The van der Waals surface area contributed by atoms with Gasteiger partial charge in [0.05, 0.1) is 10.7 Å². The molecule has 20 heavy (non-hydrogen) atoms. The molecule has 0 aliphatic rings.